The average molecular weight is 404 g/mol. The number of carbonyl (C=O) groups excluding carboxylic acids is 2. The summed E-state index contributed by atoms with van der Waals surface area (Å²) < 4.78 is 21.9. The molecule has 8 heteroatoms. The van der Waals surface area contributed by atoms with Crippen LogP contribution in [0.3, 0.4) is 0 Å². The van der Waals surface area contributed by atoms with E-state index in [4.69, 9.17) is 18.9 Å². The highest BCUT2D eigenvalue weighted by Gasteiger charge is 2.47. The van der Waals surface area contributed by atoms with E-state index in [1.54, 1.807) is 13.8 Å². The zero-order valence-corrected chi connectivity index (χ0v) is 17.0. The van der Waals surface area contributed by atoms with Gasteiger partial charge in [-0.1, -0.05) is 12.1 Å². The number of carbonyl (C=O) groups is 2. The number of para-hydroxylation sites is 1. The summed E-state index contributed by atoms with van der Waals surface area (Å²) in [7, 11) is 0. The van der Waals surface area contributed by atoms with Crippen LogP contribution in [0.15, 0.2) is 18.2 Å². The van der Waals surface area contributed by atoms with Crippen molar-refractivity contribution < 1.29 is 28.5 Å². The molecule has 1 aromatic rings. The first-order chi connectivity index (χ1) is 13.9. The Bertz CT molecular complexity index is 774. The highest BCUT2D eigenvalue weighted by molar-refractivity contribution is 5.87. The standard InChI is InChI=1S/C21H28N2O6/c1-21(2)16(12-18(24)29-21)20(25)23(7-6-22-8-10-26-11-9-22)13-15-4-3-5-17-19(15)28-14-27-17/h3-5,16H,6-14H2,1-2H3. The van der Waals surface area contributed by atoms with Crippen molar-refractivity contribution in [1.82, 2.24) is 9.80 Å². The van der Waals surface area contributed by atoms with Gasteiger partial charge in [0.2, 0.25) is 12.7 Å². The van der Waals surface area contributed by atoms with E-state index in [-0.39, 0.29) is 25.1 Å². The summed E-state index contributed by atoms with van der Waals surface area (Å²) in [5.41, 5.74) is 0.0993. The molecule has 1 amide bonds. The Morgan fingerprint density at radius 1 is 1.24 bits per heavy atom. The topological polar surface area (TPSA) is 77.5 Å². The number of esters is 1. The van der Waals surface area contributed by atoms with Gasteiger partial charge in [0.05, 0.1) is 25.6 Å². The minimum Gasteiger partial charge on any atom is -0.459 e. The van der Waals surface area contributed by atoms with Crippen molar-refractivity contribution in [2.24, 2.45) is 5.92 Å². The van der Waals surface area contributed by atoms with Crippen LogP contribution in [-0.4, -0.2) is 73.5 Å². The van der Waals surface area contributed by atoms with Crippen LogP contribution in [0, 0.1) is 5.92 Å². The van der Waals surface area contributed by atoms with Crippen LogP contribution in [0.1, 0.15) is 25.8 Å². The maximum absolute atomic E-state index is 13.5. The van der Waals surface area contributed by atoms with Crippen LogP contribution in [0.25, 0.3) is 0 Å². The molecule has 4 rings (SSSR count). The van der Waals surface area contributed by atoms with Crippen LogP contribution in [0.2, 0.25) is 0 Å². The lowest BCUT2D eigenvalue weighted by molar-refractivity contribution is -0.149. The summed E-state index contributed by atoms with van der Waals surface area (Å²) in [4.78, 5) is 29.4. The third-order valence-electron chi connectivity index (χ3n) is 5.83. The van der Waals surface area contributed by atoms with Gasteiger partial charge in [0, 0.05) is 38.3 Å². The molecule has 3 heterocycles. The van der Waals surface area contributed by atoms with Gasteiger partial charge in [-0.2, -0.15) is 0 Å². The van der Waals surface area contributed by atoms with Crippen molar-refractivity contribution in [3.8, 4) is 11.5 Å². The zero-order valence-electron chi connectivity index (χ0n) is 17.0. The summed E-state index contributed by atoms with van der Waals surface area (Å²) in [5.74, 6) is 0.510. The number of ether oxygens (including phenoxy) is 4. The van der Waals surface area contributed by atoms with Gasteiger partial charge in [-0.15, -0.1) is 0 Å². The van der Waals surface area contributed by atoms with Crippen molar-refractivity contribution in [1.29, 1.82) is 0 Å². The second-order valence-corrected chi connectivity index (χ2v) is 8.20. The fraction of sp³-hybridized carbons (Fsp3) is 0.619. The smallest absolute Gasteiger partial charge is 0.307 e. The number of rotatable bonds is 6. The molecule has 1 aromatic carbocycles. The summed E-state index contributed by atoms with van der Waals surface area (Å²) in [6, 6.07) is 5.71. The molecular formula is C21H28N2O6. The number of hydrogen-bond acceptors (Lipinski definition) is 7. The van der Waals surface area contributed by atoms with E-state index in [0.29, 0.717) is 37.8 Å². The van der Waals surface area contributed by atoms with E-state index in [0.717, 1.165) is 25.2 Å². The molecule has 0 bridgehead atoms. The molecule has 0 saturated carbocycles. The predicted molar refractivity (Wildman–Crippen MR) is 104 cm³/mol. The minimum absolute atomic E-state index is 0.0642. The molecule has 3 aliphatic heterocycles. The molecule has 8 nitrogen and oxygen atoms in total. The van der Waals surface area contributed by atoms with Gasteiger partial charge in [-0.3, -0.25) is 14.5 Å². The van der Waals surface area contributed by atoms with Gasteiger partial charge >= 0.3 is 5.97 Å². The molecule has 3 aliphatic rings. The van der Waals surface area contributed by atoms with Gasteiger partial charge in [0.1, 0.15) is 5.60 Å². The van der Waals surface area contributed by atoms with Crippen molar-refractivity contribution in [3.63, 3.8) is 0 Å². The van der Waals surface area contributed by atoms with Crippen LogP contribution in [0.5, 0.6) is 11.5 Å². The molecule has 158 valence electrons. The van der Waals surface area contributed by atoms with E-state index in [1.165, 1.54) is 0 Å². The molecular weight excluding hydrogens is 376 g/mol. The van der Waals surface area contributed by atoms with Crippen molar-refractivity contribution in [3.05, 3.63) is 23.8 Å². The Morgan fingerprint density at radius 2 is 2.03 bits per heavy atom. The SMILES string of the molecule is CC1(C)OC(=O)CC1C(=O)N(CCN1CCOCC1)Cc1cccc2c1OCO2. The highest BCUT2D eigenvalue weighted by atomic mass is 16.7. The molecule has 2 saturated heterocycles. The highest BCUT2D eigenvalue weighted by Crippen LogP contribution is 2.37. The fourth-order valence-electron chi connectivity index (χ4n) is 4.10. The van der Waals surface area contributed by atoms with E-state index in [2.05, 4.69) is 4.90 Å². The molecule has 0 spiro atoms. The lowest BCUT2D eigenvalue weighted by Gasteiger charge is -2.33. The molecule has 1 atom stereocenters. The number of hydrogen-bond donors (Lipinski definition) is 0. The Hall–Kier alpha value is -2.32. The largest absolute Gasteiger partial charge is 0.459 e. The van der Waals surface area contributed by atoms with E-state index < -0.39 is 11.5 Å². The molecule has 0 N–H and O–H groups in total. The van der Waals surface area contributed by atoms with Crippen LogP contribution >= 0.6 is 0 Å². The second kappa shape index (κ2) is 8.20. The molecule has 1 unspecified atom stereocenters. The number of benzene rings is 1. The average Bonchev–Trinajstić information content (AvgIpc) is 3.29. The van der Waals surface area contributed by atoms with Gasteiger partial charge in [-0.25, -0.2) is 0 Å². The maximum atomic E-state index is 13.5. The van der Waals surface area contributed by atoms with Crippen LogP contribution in [-0.2, 0) is 25.6 Å². The monoisotopic (exact) mass is 404 g/mol. The Kier molecular flexibility index (Phi) is 5.65. The first-order valence-corrected chi connectivity index (χ1v) is 10.1. The van der Waals surface area contributed by atoms with Gasteiger partial charge in [0.15, 0.2) is 11.5 Å². The van der Waals surface area contributed by atoms with Crippen molar-refractivity contribution >= 4 is 11.9 Å². The van der Waals surface area contributed by atoms with Gasteiger partial charge in [0.25, 0.3) is 0 Å². The third-order valence-corrected chi connectivity index (χ3v) is 5.83. The van der Waals surface area contributed by atoms with Gasteiger partial charge in [-0.05, 0) is 19.9 Å². The minimum atomic E-state index is -0.802. The number of nitrogens with zero attached hydrogens (tertiary/aromatic N) is 2. The number of cyclic esters (lactones) is 1. The Balaban J connectivity index is 1.53. The quantitative estimate of drug-likeness (QED) is 0.664. The maximum Gasteiger partial charge on any atom is 0.307 e. The van der Waals surface area contributed by atoms with Crippen molar-refractivity contribution in [2.45, 2.75) is 32.4 Å². The van der Waals surface area contributed by atoms with E-state index >= 15 is 0 Å². The third kappa shape index (κ3) is 4.33. The Labute approximate surface area is 170 Å². The fourth-order valence-corrected chi connectivity index (χ4v) is 4.10. The van der Waals surface area contributed by atoms with E-state index in [1.807, 2.05) is 23.1 Å². The van der Waals surface area contributed by atoms with E-state index in [9.17, 15) is 9.59 Å². The number of amides is 1. The normalized spacial score (nSPS) is 23.1. The summed E-state index contributed by atoms with van der Waals surface area (Å²) in [6.07, 6.45) is 0.117. The van der Waals surface area contributed by atoms with Gasteiger partial charge < -0.3 is 23.8 Å². The lowest BCUT2D eigenvalue weighted by Crippen LogP contribution is -2.47. The lowest BCUT2D eigenvalue weighted by atomic mass is 9.89. The molecule has 0 aromatic heterocycles. The zero-order chi connectivity index (χ0) is 20.4. The first-order valence-electron chi connectivity index (χ1n) is 10.1. The second-order valence-electron chi connectivity index (χ2n) is 8.20. The van der Waals surface area contributed by atoms with Crippen LogP contribution in [0.4, 0.5) is 0 Å². The molecule has 2 fully saturated rings. The molecule has 0 radical (unpaired) electrons. The number of morpholine rings is 1. The number of fused-ring (bicyclic) bond motifs is 1. The summed E-state index contributed by atoms with van der Waals surface area (Å²) in [6.45, 7) is 8.64. The van der Waals surface area contributed by atoms with Crippen LogP contribution < -0.4 is 9.47 Å². The summed E-state index contributed by atoms with van der Waals surface area (Å²) in [5, 5.41) is 0. The molecule has 29 heavy (non-hydrogen) atoms. The summed E-state index contributed by atoms with van der Waals surface area (Å²) >= 11 is 0. The molecule has 0 aliphatic carbocycles. The van der Waals surface area contributed by atoms with Crippen molar-refractivity contribution in [2.75, 3.05) is 46.2 Å². The Morgan fingerprint density at radius 3 is 2.76 bits per heavy atom. The first kappa shape index (κ1) is 20.0. The predicted octanol–water partition coefficient (Wildman–Crippen LogP) is 1.42.